The summed E-state index contributed by atoms with van der Waals surface area (Å²) in [4.78, 5) is 26.1. The summed E-state index contributed by atoms with van der Waals surface area (Å²) in [5.41, 5.74) is 2.08. The van der Waals surface area contributed by atoms with Crippen molar-refractivity contribution in [2.75, 3.05) is 13.1 Å². The van der Waals surface area contributed by atoms with Gasteiger partial charge in [-0.25, -0.2) is 4.79 Å². The van der Waals surface area contributed by atoms with E-state index < -0.39 is 0 Å². The number of nitrogens with zero attached hydrogens (tertiary/aromatic N) is 2. The van der Waals surface area contributed by atoms with Gasteiger partial charge in [0, 0.05) is 29.2 Å². The van der Waals surface area contributed by atoms with Crippen molar-refractivity contribution in [2.45, 2.75) is 38.8 Å². The molecule has 0 atom stereocenters. The van der Waals surface area contributed by atoms with E-state index in [1.807, 2.05) is 38.1 Å². The molecular formula is C19H23BrN4O3. The topological polar surface area (TPSA) is 87.3 Å². The van der Waals surface area contributed by atoms with Gasteiger partial charge in [-0.3, -0.25) is 9.89 Å². The Morgan fingerprint density at radius 3 is 2.56 bits per heavy atom. The molecule has 1 aliphatic heterocycles. The third-order valence-corrected chi connectivity index (χ3v) is 4.92. The minimum Gasteiger partial charge on any atom is -0.447 e. The molecule has 1 aliphatic rings. The fraction of sp³-hybridized carbons (Fsp3) is 0.421. The number of benzene rings is 1. The van der Waals surface area contributed by atoms with Gasteiger partial charge in [0.15, 0.2) is 0 Å². The number of amides is 2. The number of likely N-dealkylation sites (tertiary alicyclic amines) is 1. The first-order valence-electron chi connectivity index (χ1n) is 9.00. The fourth-order valence-electron chi connectivity index (χ4n) is 2.95. The molecule has 1 saturated heterocycles. The Bertz CT molecular complexity index is 796. The van der Waals surface area contributed by atoms with E-state index in [2.05, 4.69) is 31.4 Å². The molecule has 2 N–H and O–H groups in total. The molecule has 0 radical (unpaired) electrons. The number of carbonyl (C=O) groups is 2. The molecule has 0 saturated carbocycles. The number of carbonyl (C=O) groups excluding carboxylic acids is 2. The van der Waals surface area contributed by atoms with E-state index >= 15 is 0 Å². The summed E-state index contributed by atoms with van der Waals surface area (Å²) in [6.45, 7) is 4.81. The highest BCUT2D eigenvalue weighted by Crippen LogP contribution is 2.21. The van der Waals surface area contributed by atoms with E-state index in [9.17, 15) is 9.59 Å². The van der Waals surface area contributed by atoms with Gasteiger partial charge < -0.3 is 15.0 Å². The first-order chi connectivity index (χ1) is 12.9. The summed E-state index contributed by atoms with van der Waals surface area (Å²) < 4.78 is 6.20. The van der Waals surface area contributed by atoms with Crippen molar-refractivity contribution in [3.05, 3.63) is 40.5 Å². The van der Waals surface area contributed by atoms with E-state index in [1.54, 1.807) is 11.0 Å². The smallest absolute Gasteiger partial charge is 0.410 e. The van der Waals surface area contributed by atoms with Crippen molar-refractivity contribution in [1.82, 2.24) is 20.4 Å². The van der Waals surface area contributed by atoms with Gasteiger partial charge in [-0.05, 0) is 44.9 Å². The van der Waals surface area contributed by atoms with Crippen LogP contribution in [0.1, 0.15) is 37.2 Å². The van der Waals surface area contributed by atoms with E-state index in [-0.39, 0.29) is 24.1 Å². The third-order valence-electron chi connectivity index (χ3n) is 4.39. The van der Waals surface area contributed by atoms with Gasteiger partial charge in [0.25, 0.3) is 5.91 Å². The van der Waals surface area contributed by atoms with Crippen molar-refractivity contribution >= 4 is 27.9 Å². The molecule has 2 aromatic rings. The fourth-order valence-corrected chi connectivity index (χ4v) is 3.22. The summed E-state index contributed by atoms with van der Waals surface area (Å²) in [5.74, 6) is -0.186. The zero-order chi connectivity index (χ0) is 19.4. The van der Waals surface area contributed by atoms with Gasteiger partial charge in [-0.15, -0.1) is 0 Å². The number of nitrogens with one attached hydrogen (secondary N) is 2. The summed E-state index contributed by atoms with van der Waals surface area (Å²) in [6.07, 6.45) is 0.983. The van der Waals surface area contributed by atoms with Crippen molar-refractivity contribution < 1.29 is 14.3 Å². The first kappa shape index (κ1) is 19.4. The number of rotatable bonds is 4. The van der Waals surface area contributed by atoms with Gasteiger partial charge in [-0.2, -0.15) is 5.10 Å². The highest BCUT2D eigenvalue weighted by atomic mass is 79.9. The average molecular weight is 435 g/mol. The van der Waals surface area contributed by atoms with Crippen molar-refractivity contribution in [2.24, 2.45) is 0 Å². The van der Waals surface area contributed by atoms with Crippen LogP contribution in [0.15, 0.2) is 34.8 Å². The molecule has 2 heterocycles. The summed E-state index contributed by atoms with van der Waals surface area (Å²) in [6, 6.07) is 9.51. The molecule has 8 heteroatoms. The average Bonchev–Trinajstić information content (AvgIpc) is 3.12. The van der Waals surface area contributed by atoms with E-state index in [4.69, 9.17) is 4.74 Å². The van der Waals surface area contributed by atoms with Crippen LogP contribution in [0.3, 0.4) is 0 Å². The zero-order valence-corrected chi connectivity index (χ0v) is 17.0. The lowest BCUT2D eigenvalue weighted by Gasteiger charge is -2.32. The van der Waals surface area contributed by atoms with Crippen LogP contribution in [0.2, 0.25) is 0 Å². The molecule has 0 aliphatic carbocycles. The molecule has 3 rings (SSSR count). The Balaban J connectivity index is 1.53. The molecule has 1 aromatic heterocycles. The molecule has 27 heavy (non-hydrogen) atoms. The lowest BCUT2D eigenvalue weighted by atomic mass is 10.1. The van der Waals surface area contributed by atoms with E-state index in [0.717, 1.165) is 15.7 Å². The van der Waals surface area contributed by atoms with Crippen LogP contribution in [-0.4, -0.2) is 52.3 Å². The van der Waals surface area contributed by atoms with Crippen LogP contribution >= 0.6 is 15.9 Å². The molecule has 0 spiro atoms. The zero-order valence-electron chi connectivity index (χ0n) is 15.4. The van der Waals surface area contributed by atoms with Crippen molar-refractivity contribution in [3.63, 3.8) is 0 Å². The van der Waals surface area contributed by atoms with E-state index in [1.165, 1.54) is 0 Å². The molecule has 1 fully saturated rings. The second kappa shape index (κ2) is 8.56. The summed E-state index contributed by atoms with van der Waals surface area (Å²) in [5, 5.41) is 10.0. The number of halogens is 1. The van der Waals surface area contributed by atoms with Crippen LogP contribution in [0.4, 0.5) is 4.79 Å². The van der Waals surface area contributed by atoms with Gasteiger partial charge in [0.05, 0.1) is 11.8 Å². The maximum atomic E-state index is 12.5. The number of hydrogen-bond acceptors (Lipinski definition) is 4. The molecule has 0 bridgehead atoms. The van der Waals surface area contributed by atoms with Gasteiger partial charge in [-0.1, -0.05) is 28.1 Å². The second-order valence-corrected chi connectivity index (χ2v) is 7.76. The Morgan fingerprint density at radius 1 is 1.26 bits per heavy atom. The second-order valence-electron chi connectivity index (χ2n) is 6.84. The molecule has 0 unspecified atom stereocenters. The highest BCUT2D eigenvalue weighted by Gasteiger charge is 2.26. The number of aromatic amines is 1. The van der Waals surface area contributed by atoms with Crippen LogP contribution in [0.25, 0.3) is 11.3 Å². The van der Waals surface area contributed by atoms with Crippen molar-refractivity contribution in [3.8, 4) is 11.3 Å². The first-order valence-corrected chi connectivity index (χ1v) is 9.79. The molecule has 1 aromatic carbocycles. The predicted octanol–water partition coefficient (Wildman–Crippen LogP) is 3.58. The predicted molar refractivity (Wildman–Crippen MR) is 105 cm³/mol. The van der Waals surface area contributed by atoms with Gasteiger partial charge >= 0.3 is 6.09 Å². The van der Waals surface area contributed by atoms with Crippen LogP contribution in [-0.2, 0) is 4.74 Å². The lowest BCUT2D eigenvalue weighted by Crippen LogP contribution is -2.47. The van der Waals surface area contributed by atoms with Crippen molar-refractivity contribution in [1.29, 1.82) is 0 Å². The highest BCUT2D eigenvalue weighted by molar-refractivity contribution is 9.10. The minimum absolute atomic E-state index is 0.0278. The number of piperidine rings is 1. The number of hydrogen-bond donors (Lipinski definition) is 2. The van der Waals surface area contributed by atoms with Crippen LogP contribution < -0.4 is 5.32 Å². The lowest BCUT2D eigenvalue weighted by molar-refractivity contribution is 0.0667. The van der Waals surface area contributed by atoms with E-state index in [0.29, 0.717) is 31.6 Å². The van der Waals surface area contributed by atoms with Gasteiger partial charge in [0.1, 0.15) is 5.69 Å². The quantitative estimate of drug-likeness (QED) is 0.769. The summed E-state index contributed by atoms with van der Waals surface area (Å²) >= 11 is 3.40. The summed E-state index contributed by atoms with van der Waals surface area (Å²) in [7, 11) is 0. The Morgan fingerprint density at radius 2 is 1.93 bits per heavy atom. The molecular weight excluding hydrogens is 412 g/mol. The van der Waals surface area contributed by atoms with Gasteiger partial charge in [0.2, 0.25) is 0 Å². The molecule has 7 nitrogen and oxygen atoms in total. The molecule has 144 valence electrons. The maximum Gasteiger partial charge on any atom is 0.410 e. The van der Waals surface area contributed by atoms with Crippen LogP contribution in [0.5, 0.6) is 0 Å². The normalized spacial score (nSPS) is 15.0. The number of ether oxygens (including phenoxy) is 1. The Labute approximate surface area is 166 Å². The largest absolute Gasteiger partial charge is 0.447 e. The Kier molecular flexibility index (Phi) is 6.15. The SMILES string of the molecule is CC(C)OC(=O)N1CCC(NC(=O)c2cc(-c3ccc(Br)cc3)n[nH]2)CC1. The maximum absolute atomic E-state index is 12.5. The number of H-pyrrole nitrogens is 1. The Hall–Kier alpha value is -2.35. The third kappa shape index (κ3) is 5.09. The number of aromatic nitrogens is 2. The van der Waals surface area contributed by atoms with Crippen LogP contribution in [0, 0.1) is 0 Å². The minimum atomic E-state index is -0.289. The standard InChI is InChI=1S/C19H23BrN4O3/c1-12(2)27-19(26)24-9-7-15(8-10-24)21-18(25)17-11-16(22-23-17)13-3-5-14(20)6-4-13/h3-6,11-12,15H,7-10H2,1-2H3,(H,21,25)(H,22,23). The monoisotopic (exact) mass is 434 g/mol. The molecule has 2 amide bonds.